The Morgan fingerprint density at radius 3 is 2.36 bits per heavy atom. The quantitative estimate of drug-likeness (QED) is 0.360. The number of carboxylic acid groups (broad SMARTS) is 2. The van der Waals surface area contributed by atoms with E-state index in [2.05, 4.69) is 4.99 Å². The number of aliphatic imine (C=N–C) groups is 1. The number of aliphatic carboxylic acids is 2. The van der Waals surface area contributed by atoms with Crippen molar-refractivity contribution in [2.45, 2.75) is 57.6 Å². The van der Waals surface area contributed by atoms with E-state index in [1.54, 1.807) is 0 Å². The van der Waals surface area contributed by atoms with Gasteiger partial charge in [0.05, 0.1) is 0 Å². The largest absolute Gasteiger partial charge is 0.479 e. The zero-order chi connectivity index (χ0) is 24.3. The number of allylic oxidation sites excluding steroid dienone is 2. The van der Waals surface area contributed by atoms with E-state index in [0.717, 1.165) is 5.56 Å². The Labute approximate surface area is 192 Å². The summed E-state index contributed by atoms with van der Waals surface area (Å²) in [6.45, 7) is 1.80. The number of rotatable bonds is 7. The van der Waals surface area contributed by atoms with Crippen molar-refractivity contribution < 1.29 is 34.1 Å². The van der Waals surface area contributed by atoms with Gasteiger partial charge in [0.15, 0.2) is 5.54 Å². The minimum absolute atomic E-state index is 0.0410. The number of hydrogen-bond donors (Lipinski definition) is 2. The maximum atomic E-state index is 11.7. The fourth-order valence-electron chi connectivity index (χ4n) is 4.02. The fraction of sp³-hybridized carbons (Fsp3) is 0.440. The summed E-state index contributed by atoms with van der Waals surface area (Å²) in [6.07, 6.45) is 11.8. The van der Waals surface area contributed by atoms with E-state index in [9.17, 15) is 19.2 Å². The Kier molecular flexibility index (Phi) is 9.76. The highest BCUT2D eigenvalue weighted by molar-refractivity contribution is 5.93. The van der Waals surface area contributed by atoms with E-state index < -0.39 is 23.4 Å². The molecular formula is C25H29NO7. The highest BCUT2D eigenvalue weighted by atomic mass is 16.5. The van der Waals surface area contributed by atoms with Crippen LogP contribution in [0.25, 0.3) is 0 Å². The lowest BCUT2D eigenvalue weighted by Gasteiger charge is -2.29. The van der Waals surface area contributed by atoms with E-state index in [1.165, 1.54) is 63.3 Å². The molecule has 1 aromatic rings. The number of carbonyl (C=O) groups is 3. The molecule has 2 aliphatic rings. The normalized spacial score (nSPS) is 22.1. The number of carbonyl (C=O) groups excluding carboxylic acids is 2. The molecule has 1 aromatic carbocycles. The van der Waals surface area contributed by atoms with Gasteiger partial charge in [-0.15, -0.1) is 0 Å². The van der Waals surface area contributed by atoms with Gasteiger partial charge in [-0.3, -0.25) is 4.79 Å². The van der Waals surface area contributed by atoms with Crippen LogP contribution in [0.1, 0.15) is 51.0 Å². The average Bonchev–Trinajstić information content (AvgIpc) is 2.81. The van der Waals surface area contributed by atoms with Gasteiger partial charge in [-0.25, -0.2) is 14.4 Å². The van der Waals surface area contributed by atoms with Gasteiger partial charge in [0, 0.05) is 17.9 Å². The van der Waals surface area contributed by atoms with Crippen LogP contribution in [-0.2, 0) is 30.5 Å². The van der Waals surface area contributed by atoms with Crippen LogP contribution in [0, 0.1) is 11.8 Å². The van der Waals surface area contributed by atoms with E-state index in [4.69, 9.17) is 14.9 Å². The smallest absolute Gasteiger partial charge is 0.337 e. The van der Waals surface area contributed by atoms with Crippen LogP contribution < -0.4 is 0 Å². The number of hydrogen-bond acceptors (Lipinski definition) is 6. The van der Waals surface area contributed by atoms with Crippen LogP contribution in [0.4, 0.5) is 0 Å². The first-order valence-electron chi connectivity index (χ1n) is 10.9. The van der Waals surface area contributed by atoms with Crippen molar-refractivity contribution >= 4 is 24.0 Å². The Hall–Kier alpha value is -3.51. The molecule has 8 heteroatoms. The second-order valence-corrected chi connectivity index (χ2v) is 8.20. The molecule has 0 saturated heterocycles. The topological polar surface area (TPSA) is 130 Å². The molecule has 0 aromatic heterocycles. The number of benzene rings is 1. The molecule has 2 N–H and O–H groups in total. The predicted octanol–water partition coefficient (Wildman–Crippen LogP) is 4.06. The lowest BCUT2D eigenvalue weighted by molar-refractivity contribution is -0.146. The summed E-state index contributed by atoms with van der Waals surface area (Å²) < 4.78 is 5.29. The third kappa shape index (κ3) is 7.26. The van der Waals surface area contributed by atoms with Crippen LogP contribution in [0.3, 0.4) is 0 Å². The third-order valence-electron chi connectivity index (χ3n) is 6.00. The van der Waals surface area contributed by atoms with Crippen LogP contribution in [-0.4, -0.2) is 39.7 Å². The van der Waals surface area contributed by atoms with Crippen molar-refractivity contribution in [3.8, 4) is 0 Å². The second kappa shape index (κ2) is 12.5. The summed E-state index contributed by atoms with van der Waals surface area (Å²) in [7, 11) is 0. The minimum Gasteiger partial charge on any atom is -0.479 e. The van der Waals surface area contributed by atoms with Gasteiger partial charge in [-0.2, -0.15) is 4.99 Å². The zero-order valence-electron chi connectivity index (χ0n) is 18.6. The first-order chi connectivity index (χ1) is 15.8. The van der Waals surface area contributed by atoms with Crippen molar-refractivity contribution in [3.05, 3.63) is 59.7 Å². The van der Waals surface area contributed by atoms with Crippen LogP contribution in [0.5, 0.6) is 0 Å². The number of esters is 1. The highest BCUT2D eigenvalue weighted by Gasteiger charge is 2.46. The summed E-state index contributed by atoms with van der Waals surface area (Å²) in [5, 5.41) is 17.9. The first kappa shape index (κ1) is 25.7. The summed E-state index contributed by atoms with van der Waals surface area (Å²) in [5.41, 5.74) is -0.919. The van der Waals surface area contributed by atoms with Crippen molar-refractivity contribution in [2.24, 2.45) is 16.8 Å². The molecule has 0 amide bonds. The molecule has 0 heterocycles. The van der Waals surface area contributed by atoms with Gasteiger partial charge < -0.3 is 14.9 Å². The summed E-state index contributed by atoms with van der Waals surface area (Å²) in [5.74, 6) is -3.03. The Morgan fingerprint density at radius 1 is 1.12 bits per heavy atom. The molecule has 1 saturated carbocycles. The Balaban J connectivity index is 0.000000234. The molecule has 0 bridgehead atoms. The van der Waals surface area contributed by atoms with E-state index in [1.807, 2.05) is 30.3 Å². The van der Waals surface area contributed by atoms with E-state index in [-0.39, 0.29) is 11.5 Å². The Bertz CT molecular complexity index is 937. The molecular weight excluding hydrogens is 426 g/mol. The van der Waals surface area contributed by atoms with Gasteiger partial charge in [-0.1, -0.05) is 68.7 Å². The lowest BCUT2D eigenvalue weighted by Crippen LogP contribution is -2.44. The predicted molar refractivity (Wildman–Crippen MR) is 120 cm³/mol. The summed E-state index contributed by atoms with van der Waals surface area (Å²) >= 11 is 0. The van der Waals surface area contributed by atoms with E-state index >= 15 is 0 Å². The summed E-state index contributed by atoms with van der Waals surface area (Å²) in [6, 6.07) is 9.85. The summed E-state index contributed by atoms with van der Waals surface area (Å²) in [4.78, 5) is 47.1. The lowest BCUT2D eigenvalue weighted by atomic mass is 9.77. The molecule has 0 radical (unpaired) electrons. The molecule has 0 spiro atoms. The molecule has 8 nitrogen and oxygen atoms in total. The van der Waals surface area contributed by atoms with Gasteiger partial charge in [0.1, 0.15) is 6.61 Å². The number of ether oxygens (including phenoxy) is 1. The monoisotopic (exact) mass is 455 g/mol. The number of nitrogens with zero attached hydrogens (tertiary/aromatic N) is 1. The van der Waals surface area contributed by atoms with Crippen LogP contribution in [0.2, 0.25) is 0 Å². The average molecular weight is 456 g/mol. The third-order valence-corrected chi connectivity index (χ3v) is 6.00. The standard InChI is InChI=1S/C15H20O2.C10H9NO5/c16-15(11-13-7-3-1-4-8-13)17-12-14-9-5-2-6-10-14;1-6-7(8(13)14)3-2-4-10(6,9(15)16)11-5-12/h2,5-6,9-10,13H,1,3-4,7-8,11-12H2;2-4,6H,1H3,(H,13,14)(H,15,16). The van der Waals surface area contributed by atoms with Crippen molar-refractivity contribution in [2.75, 3.05) is 0 Å². The van der Waals surface area contributed by atoms with Gasteiger partial charge >= 0.3 is 17.9 Å². The van der Waals surface area contributed by atoms with Crippen molar-refractivity contribution in [1.82, 2.24) is 0 Å². The maximum Gasteiger partial charge on any atom is 0.337 e. The molecule has 0 aliphatic heterocycles. The highest BCUT2D eigenvalue weighted by Crippen LogP contribution is 2.33. The second-order valence-electron chi connectivity index (χ2n) is 8.20. The van der Waals surface area contributed by atoms with Gasteiger partial charge in [0.25, 0.3) is 0 Å². The molecule has 2 aliphatic carbocycles. The van der Waals surface area contributed by atoms with Gasteiger partial charge in [0.2, 0.25) is 6.08 Å². The number of carboxylic acids is 2. The molecule has 1 fully saturated rings. The van der Waals surface area contributed by atoms with Crippen molar-refractivity contribution in [1.29, 1.82) is 0 Å². The maximum absolute atomic E-state index is 11.7. The van der Waals surface area contributed by atoms with Crippen LogP contribution >= 0.6 is 0 Å². The van der Waals surface area contributed by atoms with E-state index in [0.29, 0.717) is 18.9 Å². The SMILES string of the molecule is CC1C(C(=O)O)=CC=CC1(N=C=O)C(=O)O.O=C(CC1CCCCC1)OCc1ccccc1. The van der Waals surface area contributed by atoms with Crippen molar-refractivity contribution in [3.63, 3.8) is 0 Å². The molecule has 2 atom stereocenters. The minimum atomic E-state index is -1.87. The molecule has 33 heavy (non-hydrogen) atoms. The van der Waals surface area contributed by atoms with Gasteiger partial charge in [-0.05, 0) is 30.4 Å². The molecule has 2 unspecified atom stereocenters. The first-order valence-corrected chi connectivity index (χ1v) is 10.9. The Morgan fingerprint density at radius 2 is 1.79 bits per heavy atom. The number of isocyanates is 1. The fourth-order valence-corrected chi connectivity index (χ4v) is 4.02. The molecule has 176 valence electrons. The zero-order valence-corrected chi connectivity index (χ0v) is 18.6. The molecule has 3 rings (SSSR count). The van der Waals surface area contributed by atoms with Crippen LogP contribution in [0.15, 0.2) is 59.1 Å².